The van der Waals surface area contributed by atoms with Gasteiger partial charge in [-0.1, -0.05) is 121 Å². The van der Waals surface area contributed by atoms with Gasteiger partial charge in [0.1, 0.15) is 22.3 Å². The zero-order valence-corrected chi connectivity index (χ0v) is 25.6. The number of benzene rings is 7. The lowest BCUT2D eigenvalue weighted by Gasteiger charge is -2.13. The Bertz CT molecular complexity index is 2860. The summed E-state index contributed by atoms with van der Waals surface area (Å²) in [5.41, 5.74) is 8.12. The van der Waals surface area contributed by atoms with Crippen molar-refractivity contribution in [1.29, 1.82) is 0 Å². The van der Waals surface area contributed by atoms with Crippen LogP contribution in [0.2, 0.25) is 0 Å². The van der Waals surface area contributed by atoms with Crippen molar-refractivity contribution in [3.8, 4) is 45.3 Å². The molecule has 0 amide bonds. The van der Waals surface area contributed by atoms with Gasteiger partial charge in [-0.05, 0) is 52.2 Å². The van der Waals surface area contributed by atoms with E-state index in [0.717, 1.165) is 82.5 Å². The molecule has 0 unspecified atom stereocenters. The molecule has 0 aliphatic carbocycles. The normalized spacial score (nSPS) is 11.8. The minimum absolute atomic E-state index is 0.585. The van der Waals surface area contributed by atoms with Gasteiger partial charge in [-0.3, -0.25) is 0 Å². The van der Waals surface area contributed by atoms with Crippen LogP contribution in [0.4, 0.5) is 0 Å². The van der Waals surface area contributed by atoms with Gasteiger partial charge in [0.15, 0.2) is 17.5 Å². The van der Waals surface area contributed by atoms with Gasteiger partial charge in [-0.2, -0.15) is 0 Å². The molecule has 0 aliphatic rings. The van der Waals surface area contributed by atoms with Gasteiger partial charge in [0, 0.05) is 38.2 Å². The van der Waals surface area contributed by atoms with Crippen LogP contribution in [0, 0.1) is 0 Å². The summed E-state index contributed by atoms with van der Waals surface area (Å²) in [6, 6.07) is 51.6. The molecular formula is C43H25N3O2. The van der Waals surface area contributed by atoms with Crippen LogP contribution in [-0.2, 0) is 0 Å². The SMILES string of the molecule is c1ccc(-c2cccc3oc4ccccc4c23)c(-c2nc(-c3ccc4ccccc4c3)nc(-c3cccc4oc5ccccc5c34)n2)c1. The summed E-state index contributed by atoms with van der Waals surface area (Å²) in [6.45, 7) is 0. The van der Waals surface area contributed by atoms with Gasteiger partial charge in [0.05, 0.1) is 0 Å². The second-order valence-electron chi connectivity index (χ2n) is 12.0. The summed E-state index contributed by atoms with van der Waals surface area (Å²) in [4.78, 5) is 15.6. The molecule has 0 bridgehead atoms. The Morgan fingerprint density at radius 2 is 0.833 bits per heavy atom. The number of rotatable bonds is 4. The molecule has 7 aromatic carbocycles. The van der Waals surface area contributed by atoms with Crippen molar-refractivity contribution in [2.75, 3.05) is 0 Å². The van der Waals surface area contributed by atoms with Crippen LogP contribution in [0.25, 0.3) is 99.9 Å². The van der Waals surface area contributed by atoms with E-state index in [9.17, 15) is 0 Å². The molecule has 224 valence electrons. The van der Waals surface area contributed by atoms with Gasteiger partial charge in [0.25, 0.3) is 0 Å². The number of aromatic nitrogens is 3. The van der Waals surface area contributed by atoms with Gasteiger partial charge in [0.2, 0.25) is 0 Å². The zero-order chi connectivity index (χ0) is 31.6. The van der Waals surface area contributed by atoms with Crippen molar-refractivity contribution in [2.45, 2.75) is 0 Å². The summed E-state index contributed by atoms with van der Waals surface area (Å²) < 4.78 is 12.5. The van der Waals surface area contributed by atoms with E-state index in [1.54, 1.807) is 0 Å². The van der Waals surface area contributed by atoms with Crippen LogP contribution in [0.3, 0.4) is 0 Å². The molecule has 0 saturated carbocycles. The Labute approximate surface area is 274 Å². The molecule has 0 spiro atoms. The van der Waals surface area contributed by atoms with E-state index in [0.29, 0.717) is 17.5 Å². The maximum atomic E-state index is 6.27. The van der Waals surface area contributed by atoms with Crippen molar-refractivity contribution in [2.24, 2.45) is 0 Å². The molecule has 48 heavy (non-hydrogen) atoms. The summed E-state index contributed by atoms with van der Waals surface area (Å²) >= 11 is 0. The molecule has 10 aromatic rings. The lowest BCUT2D eigenvalue weighted by molar-refractivity contribution is 0.668. The standard InChI is InChI=1S/C43H25N3O2/c1-2-12-27-25-28(24-23-26(27)11-1)41-44-42(46-43(45-41)34-18-10-22-38-40(34)33-16-6-8-20-36(33)48-38)31-14-4-3-13-29(31)30-17-9-21-37-39(30)32-15-5-7-19-35(32)47-37/h1-25H. The first kappa shape index (κ1) is 26.6. The number of para-hydroxylation sites is 2. The molecule has 3 aromatic heterocycles. The van der Waals surface area contributed by atoms with E-state index >= 15 is 0 Å². The van der Waals surface area contributed by atoms with Crippen LogP contribution < -0.4 is 0 Å². The number of furan rings is 2. The fraction of sp³-hybridized carbons (Fsp3) is 0. The van der Waals surface area contributed by atoms with E-state index < -0.39 is 0 Å². The predicted octanol–water partition coefficient (Wildman–Crippen LogP) is 11.5. The zero-order valence-electron chi connectivity index (χ0n) is 25.6. The van der Waals surface area contributed by atoms with Crippen molar-refractivity contribution >= 4 is 54.6 Å². The molecular weight excluding hydrogens is 590 g/mol. The number of fused-ring (bicyclic) bond motifs is 7. The van der Waals surface area contributed by atoms with E-state index in [4.69, 9.17) is 23.8 Å². The quantitative estimate of drug-likeness (QED) is 0.197. The Morgan fingerprint density at radius 1 is 0.333 bits per heavy atom. The van der Waals surface area contributed by atoms with E-state index in [2.05, 4.69) is 84.9 Å². The van der Waals surface area contributed by atoms with Gasteiger partial charge in [-0.15, -0.1) is 0 Å². The third-order valence-electron chi connectivity index (χ3n) is 9.15. The largest absolute Gasteiger partial charge is 0.456 e. The highest BCUT2D eigenvalue weighted by Crippen LogP contribution is 2.41. The van der Waals surface area contributed by atoms with Crippen molar-refractivity contribution in [3.05, 3.63) is 152 Å². The van der Waals surface area contributed by atoms with E-state index in [-0.39, 0.29) is 0 Å². The Balaban J connectivity index is 1.26. The minimum Gasteiger partial charge on any atom is -0.456 e. The van der Waals surface area contributed by atoms with Gasteiger partial charge < -0.3 is 8.83 Å². The fourth-order valence-corrected chi connectivity index (χ4v) is 6.95. The summed E-state index contributed by atoms with van der Waals surface area (Å²) in [6.07, 6.45) is 0. The molecule has 0 saturated heterocycles. The van der Waals surface area contributed by atoms with Crippen molar-refractivity contribution < 1.29 is 8.83 Å². The van der Waals surface area contributed by atoms with Crippen molar-refractivity contribution in [1.82, 2.24) is 15.0 Å². The second kappa shape index (κ2) is 10.5. The first-order valence-electron chi connectivity index (χ1n) is 15.9. The second-order valence-corrected chi connectivity index (χ2v) is 12.0. The molecule has 5 heteroatoms. The summed E-state index contributed by atoms with van der Waals surface area (Å²) in [5.74, 6) is 1.78. The molecule has 0 fully saturated rings. The molecule has 10 rings (SSSR count). The number of hydrogen-bond donors (Lipinski definition) is 0. The highest BCUT2D eigenvalue weighted by Gasteiger charge is 2.21. The topological polar surface area (TPSA) is 65.0 Å². The Morgan fingerprint density at radius 3 is 1.56 bits per heavy atom. The van der Waals surface area contributed by atoms with Crippen LogP contribution >= 0.6 is 0 Å². The average molecular weight is 616 g/mol. The lowest BCUT2D eigenvalue weighted by Crippen LogP contribution is -2.01. The summed E-state index contributed by atoms with van der Waals surface area (Å²) in [5, 5.41) is 6.44. The maximum absolute atomic E-state index is 6.27. The Hall–Kier alpha value is -6.59. The summed E-state index contributed by atoms with van der Waals surface area (Å²) in [7, 11) is 0. The molecule has 0 radical (unpaired) electrons. The molecule has 0 N–H and O–H groups in total. The van der Waals surface area contributed by atoms with Crippen LogP contribution in [-0.4, -0.2) is 15.0 Å². The Kier molecular flexibility index (Phi) is 5.81. The fourth-order valence-electron chi connectivity index (χ4n) is 6.95. The first-order chi connectivity index (χ1) is 23.8. The monoisotopic (exact) mass is 615 g/mol. The highest BCUT2D eigenvalue weighted by molar-refractivity contribution is 6.14. The third-order valence-corrected chi connectivity index (χ3v) is 9.15. The van der Waals surface area contributed by atoms with Crippen LogP contribution in [0.5, 0.6) is 0 Å². The first-order valence-corrected chi connectivity index (χ1v) is 15.9. The number of hydrogen-bond acceptors (Lipinski definition) is 5. The van der Waals surface area contributed by atoms with E-state index in [1.165, 1.54) is 0 Å². The molecule has 5 nitrogen and oxygen atoms in total. The third kappa shape index (κ3) is 4.15. The molecule has 0 atom stereocenters. The van der Waals surface area contributed by atoms with Crippen LogP contribution in [0.1, 0.15) is 0 Å². The van der Waals surface area contributed by atoms with Gasteiger partial charge >= 0.3 is 0 Å². The predicted molar refractivity (Wildman–Crippen MR) is 194 cm³/mol. The minimum atomic E-state index is 0.585. The molecule has 3 heterocycles. The number of nitrogens with zero attached hydrogens (tertiary/aromatic N) is 3. The maximum Gasteiger partial charge on any atom is 0.164 e. The highest BCUT2D eigenvalue weighted by atomic mass is 16.3. The average Bonchev–Trinajstić information content (AvgIpc) is 3.73. The van der Waals surface area contributed by atoms with Gasteiger partial charge in [-0.25, -0.2) is 15.0 Å². The van der Waals surface area contributed by atoms with E-state index in [1.807, 2.05) is 66.7 Å². The van der Waals surface area contributed by atoms with Crippen LogP contribution in [0.15, 0.2) is 160 Å². The smallest absolute Gasteiger partial charge is 0.164 e. The lowest BCUT2D eigenvalue weighted by atomic mass is 9.95. The molecule has 0 aliphatic heterocycles. The van der Waals surface area contributed by atoms with Crippen molar-refractivity contribution in [3.63, 3.8) is 0 Å².